The summed E-state index contributed by atoms with van der Waals surface area (Å²) in [6.45, 7) is 2.44. The molecule has 0 aliphatic carbocycles. The molecule has 1 unspecified atom stereocenters. The van der Waals surface area contributed by atoms with Crippen LogP contribution in [0, 0.1) is 0 Å². The maximum atomic E-state index is 12.9. The average molecular weight is 321 g/mol. The lowest BCUT2D eigenvalue weighted by Gasteiger charge is -2.23. The minimum absolute atomic E-state index is 0.0371. The number of amides is 1. The maximum Gasteiger partial charge on any atom is 0.244 e. The number of carbonyl (C=O) groups excluding carboxylic acids is 1. The van der Waals surface area contributed by atoms with E-state index >= 15 is 0 Å². The fourth-order valence-electron chi connectivity index (χ4n) is 4.04. The third kappa shape index (κ3) is 2.72. The molecular weight excluding hydrogens is 298 g/mol. The van der Waals surface area contributed by atoms with Crippen molar-refractivity contribution in [2.75, 3.05) is 24.5 Å². The van der Waals surface area contributed by atoms with E-state index in [0.717, 1.165) is 31.7 Å². The second-order valence-corrected chi connectivity index (χ2v) is 6.76. The zero-order valence-corrected chi connectivity index (χ0v) is 13.7. The fraction of sp³-hybridized carbons (Fsp3) is 0.350. The fourth-order valence-corrected chi connectivity index (χ4v) is 4.04. The highest BCUT2D eigenvalue weighted by Gasteiger charge is 2.42. The Morgan fingerprint density at radius 2 is 1.58 bits per heavy atom. The summed E-state index contributed by atoms with van der Waals surface area (Å²) in [4.78, 5) is 17.1. The molecule has 4 nitrogen and oxygen atoms in total. The van der Waals surface area contributed by atoms with Gasteiger partial charge in [0.2, 0.25) is 5.91 Å². The quantitative estimate of drug-likeness (QED) is 0.943. The van der Waals surface area contributed by atoms with Gasteiger partial charge in [0.1, 0.15) is 0 Å². The molecule has 4 heteroatoms. The Labute approximate surface area is 142 Å². The molecule has 2 fully saturated rings. The molecule has 2 aromatic carbocycles. The summed E-state index contributed by atoms with van der Waals surface area (Å²) >= 11 is 0. The highest BCUT2D eigenvalue weighted by Crippen LogP contribution is 2.31. The lowest BCUT2D eigenvalue weighted by molar-refractivity contribution is -0.121. The van der Waals surface area contributed by atoms with Gasteiger partial charge in [0.05, 0.1) is 6.04 Å². The topological polar surface area (TPSA) is 49.6 Å². The van der Waals surface area contributed by atoms with Crippen molar-refractivity contribution in [3.63, 3.8) is 0 Å². The van der Waals surface area contributed by atoms with E-state index in [4.69, 9.17) is 5.73 Å². The number of carbonyl (C=O) groups is 1. The standard InChI is InChI=1S/C20H23N3O/c21-18-14-22(13-17(18)15-7-3-1-4-8-15)19-11-12-23(20(19)24)16-9-5-2-6-10-16/h1-10,17-19H,11-14,21H2/t17-,18+,19?/m0/s1. The van der Waals surface area contributed by atoms with E-state index in [2.05, 4.69) is 29.2 Å². The molecule has 0 bridgehead atoms. The van der Waals surface area contributed by atoms with Crippen LogP contribution in [0.4, 0.5) is 5.69 Å². The number of likely N-dealkylation sites (tertiary alicyclic amines) is 1. The van der Waals surface area contributed by atoms with Crippen molar-refractivity contribution in [1.82, 2.24) is 4.90 Å². The number of anilines is 1. The lowest BCUT2D eigenvalue weighted by atomic mass is 9.95. The molecule has 2 heterocycles. The number of nitrogens with two attached hydrogens (primary N) is 1. The van der Waals surface area contributed by atoms with E-state index < -0.39 is 0 Å². The molecule has 2 aromatic rings. The summed E-state index contributed by atoms with van der Waals surface area (Å²) in [5, 5.41) is 0. The number of nitrogens with zero attached hydrogens (tertiary/aromatic N) is 2. The molecule has 0 spiro atoms. The van der Waals surface area contributed by atoms with Crippen LogP contribution in [-0.4, -0.2) is 42.5 Å². The number of hydrogen-bond acceptors (Lipinski definition) is 3. The largest absolute Gasteiger partial charge is 0.326 e. The Hall–Kier alpha value is -2.17. The average Bonchev–Trinajstić information content (AvgIpc) is 3.19. The molecule has 124 valence electrons. The minimum atomic E-state index is -0.0371. The molecule has 4 rings (SSSR count). The second-order valence-electron chi connectivity index (χ2n) is 6.76. The molecule has 24 heavy (non-hydrogen) atoms. The Balaban J connectivity index is 1.49. The predicted octanol–water partition coefficient (Wildman–Crippen LogP) is 2.22. The number of rotatable bonds is 3. The summed E-state index contributed by atoms with van der Waals surface area (Å²) in [5.74, 6) is 0.520. The monoisotopic (exact) mass is 321 g/mol. The maximum absolute atomic E-state index is 12.9. The van der Waals surface area contributed by atoms with E-state index in [1.165, 1.54) is 5.56 Å². The van der Waals surface area contributed by atoms with Gasteiger partial charge in [0.25, 0.3) is 0 Å². The highest BCUT2D eigenvalue weighted by atomic mass is 16.2. The number of benzene rings is 2. The van der Waals surface area contributed by atoms with Crippen molar-refractivity contribution in [3.05, 3.63) is 66.2 Å². The van der Waals surface area contributed by atoms with Crippen LogP contribution >= 0.6 is 0 Å². The van der Waals surface area contributed by atoms with Gasteiger partial charge in [0.15, 0.2) is 0 Å². The molecule has 2 saturated heterocycles. The molecular formula is C20H23N3O. The first-order valence-corrected chi connectivity index (χ1v) is 8.65. The van der Waals surface area contributed by atoms with E-state index in [-0.39, 0.29) is 18.0 Å². The molecule has 0 saturated carbocycles. The van der Waals surface area contributed by atoms with Gasteiger partial charge in [-0.25, -0.2) is 0 Å². The molecule has 2 aliphatic rings. The molecule has 0 radical (unpaired) electrons. The van der Waals surface area contributed by atoms with Crippen LogP contribution in [0.3, 0.4) is 0 Å². The highest BCUT2D eigenvalue weighted by molar-refractivity contribution is 5.99. The van der Waals surface area contributed by atoms with Gasteiger partial charge in [-0.3, -0.25) is 9.69 Å². The van der Waals surface area contributed by atoms with Gasteiger partial charge in [-0.2, -0.15) is 0 Å². The normalized spacial score (nSPS) is 27.8. The summed E-state index contributed by atoms with van der Waals surface area (Å²) in [6, 6.07) is 20.4. The number of hydrogen-bond donors (Lipinski definition) is 1. The van der Waals surface area contributed by atoms with Gasteiger partial charge in [-0.05, 0) is 24.1 Å². The van der Waals surface area contributed by atoms with E-state index in [1.54, 1.807) is 0 Å². The van der Waals surface area contributed by atoms with Crippen molar-refractivity contribution in [1.29, 1.82) is 0 Å². The van der Waals surface area contributed by atoms with Crippen LogP contribution in [0.2, 0.25) is 0 Å². The van der Waals surface area contributed by atoms with Gasteiger partial charge >= 0.3 is 0 Å². The predicted molar refractivity (Wildman–Crippen MR) is 95.9 cm³/mol. The third-order valence-corrected chi connectivity index (χ3v) is 5.31. The lowest BCUT2D eigenvalue weighted by Crippen LogP contribution is -2.41. The Bertz CT molecular complexity index is 703. The van der Waals surface area contributed by atoms with Crippen molar-refractivity contribution in [2.45, 2.75) is 24.4 Å². The van der Waals surface area contributed by atoms with Crippen LogP contribution in [-0.2, 0) is 4.79 Å². The molecule has 2 N–H and O–H groups in total. The van der Waals surface area contributed by atoms with Crippen molar-refractivity contribution < 1.29 is 4.79 Å². The first-order valence-electron chi connectivity index (χ1n) is 8.65. The molecule has 0 aromatic heterocycles. The Kier molecular flexibility index (Phi) is 4.08. The summed E-state index contributed by atoms with van der Waals surface area (Å²) in [7, 11) is 0. The summed E-state index contributed by atoms with van der Waals surface area (Å²) in [6.07, 6.45) is 0.877. The zero-order chi connectivity index (χ0) is 16.5. The Morgan fingerprint density at radius 3 is 2.29 bits per heavy atom. The van der Waals surface area contributed by atoms with Crippen LogP contribution in [0.25, 0.3) is 0 Å². The van der Waals surface area contributed by atoms with Crippen LogP contribution in [0.15, 0.2) is 60.7 Å². The summed E-state index contributed by atoms with van der Waals surface area (Å²) in [5.41, 5.74) is 8.66. The van der Waals surface area contributed by atoms with Crippen LogP contribution in [0.5, 0.6) is 0 Å². The molecule has 1 amide bonds. The third-order valence-electron chi connectivity index (χ3n) is 5.31. The molecule has 3 atom stereocenters. The van der Waals surface area contributed by atoms with Crippen LogP contribution in [0.1, 0.15) is 17.9 Å². The summed E-state index contributed by atoms with van der Waals surface area (Å²) < 4.78 is 0. The minimum Gasteiger partial charge on any atom is -0.326 e. The molecule has 2 aliphatic heterocycles. The van der Waals surface area contributed by atoms with Gasteiger partial charge < -0.3 is 10.6 Å². The van der Waals surface area contributed by atoms with Gasteiger partial charge in [0, 0.05) is 37.3 Å². The van der Waals surface area contributed by atoms with Gasteiger partial charge in [-0.1, -0.05) is 48.5 Å². The number of para-hydroxylation sites is 1. The SMILES string of the molecule is N[C@@H]1CN(C2CCN(c3ccccc3)C2=O)C[C@H]1c1ccccc1. The Morgan fingerprint density at radius 1 is 0.917 bits per heavy atom. The van der Waals surface area contributed by atoms with Crippen molar-refractivity contribution >= 4 is 11.6 Å². The van der Waals surface area contributed by atoms with Crippen molar-refractivity contribution in [2.24, 2.45) is 5.73 Å². The first-order chi connectivity index (χ1) is 11.7. The van der Waals surface area contributed by atoms with Crippen LogP contribution < -0.4 is 10.6 Å². The van der Waals surface area contributed by atoms with Crippen molar-refractivity contribution in [3.8, 4) is 0 Å². The second kappa shape index (κ2) is 6.38. The zero-order valence-electron chi connectivity index (χ0n) is 13.7. The smallest absolute Gasteiger partial charge is 0.244 e. The first kappa shape index (κ1) is 15.4. The van der Waals surface area contributed by atoms with E-state index in [0.29, 0.717) is 5.92 Å². The van der Waals surface area contributed by atoms with E-state index in [9.17, 15) is 4.79 Å². The van der Waals surface area contributed by atoms with E-state index in [1.807, 2.05) is 41.3 Å². The van der Waals surface area contributed by atoms with Gasteiger partial charge in [-0.15, -0.1) is 0 Å².